The molecule has 0 fully saturated rings. The van der Waals surface area contributed by atoms with Crippen LogP contribution in [0.4, 0.5) is 17.6 Å². The quantitative estimate of drug-likeness (QED) is 0.886. The van der Waals surface area contributed by atoms with Crippen molar-refractivity contribution < 1.29 is 22.4 Å². The van der Waals surface area contributed by atoms with Crippen LogP contribution in [0.15, 0.2) is 30.5 Å². The molecule has 0 saturated heterocycles. The third-order valence-corrected chi connectivity index (χ3v) is 2.78. The van der Waals surface area contributed by atoms with E-state index in [4.69, 9.17) is 0 Å². The number of hydrogen-bond donors (Lipinski definition) is 1. The van der Waals surface area contributed by atoms with Gasteiger partial charge in [-0.3, -0.25) is 4.79 Å². The molecule has 1 aromatic heterocycles. The number of halogens is 4. The average Bonchev–Trinajstić information content (AvgIpc) is 2.78. The molecule has 112 valence electrons. The second-order valence-corrected chi connectivity index (χ2v) is 4.30. The summed E-state index contributed by atoms with van der Waals surface area (Å²) in [4.78, 5) is 11.7. The van der Waals surface area contributed by atoms with E-state index in [1.165, 1.54) is 25.1 Å². The molecule has 1 N–H and O–H groups in total. The Morgan fingerprint density at radius 2 is 2.00 bits per heavy atom. The van der Waals surface area contributed by atoms with Gasteiger partial charge < -0.3 is 5.32 Å². The summed E-state index contributed by atoms with van der Waals surface area (Å²) in [6.07, 6.45) is -3.39. The Hall–Kier alpha value is -2.38. The van der Waals surface area contributed by atoms with E-state index in [0.717, 1.165) is 10.9 Å². The van der Waals surface area contributed by atoms with Crippen molar-refractivity contribution >= 4 is 5.91 Å². The van der Waals surface area contributed by atoms with E-state index in [1.807, 2.05) is 0 Å². The summed E-state index contributed by atoms with van der Waals surface area (Å²) in [5, 5.41) is 5.60. The molecule has 0 aliphatic carbocycles. The zero-order valence-corrected chi connectivity index (χ0v) is 10.9. The highest BCUT2D eigenvalue weighted by Gasteiger charge is 2.28. The number of alkyl halides is 3. The maximum atomic E-state index is 13.7. The lowest BCUT2D eigenvalue weighted by molar-refractivity contribution is -0.123. The fraction of sp³-hybridized carbons (Fsp3) is 0.231. The monoisotopic (exact) mass is 301 g/mol. The molecule has 0 radical (unpaired) electrons. The third kappa shape index (κ3) is 3.39. The van der Waals surface area contributed by atoms with Crippen molar-refractivity contribution in [3.63, 3.8) is 0 Å². The first kappa shape index (κ1) is 15.0. The van der Waals surface area contributed by atoms with Crippen molar-refractivity contribution in [2.75, 3.05) is 6.54 Å². The predicted molar refractivity (Wildman–Crippen MR) is 66.6 cm³/mol. The molecular formula is C13H11F4N3O. The Morgan fingerprint density at radius 3 is 2.62 bits per heavy atom. The largest absolute Gasteiger partial charge is 0.405 e. The van der Waals surface area contributed by atoms with E-state index in [-0.39, 0.29) is 16.9 Å². The summed E-state index contributed by atoms with van der Waals surface area (Å²) >= 11 is 0. The molecule has 0 unspecified atom stereocenters. The molecule has 21 heavy (non-hydrogen) atoms. The van der Waals surface area contributed by atoms with Gasteiger partial charge in [0.05, 0.1) is 17.5 Å². The van der Waals surface area contributed by atoms with Crippen LogP contribution in [-0.4, -0.2) is 28.4 Å². The van der Waals surface area contributed by atoms with Crippen LogP contribution in [-0.2, 0) is 0 Å². The van der Waals surface area contributed by atoms with Crippen LogP contribution < -0.4 is 5.32 Å². The predicted octanol–water partition coefficient (Wildman–Crippen LogP) is 2.61. The van der Waals surface area contributed by atoms with Gasteiger partial charge in [-0.1, -0.05) is 12.1 Å². The van der Waals surface area contributed by atoms with Crippen molar-refractivity contribution in [3.05, 3.63) is 47.5 Å². The summed E-state index contributed by atoms with van der Waals surface area (Å²) in [6, 6.07) is 5.75. The van der Waals surface area contributed by atoms with Crippen molar-refractivity contribution in [1.29, 1.82) is 0 Å². The Bertz CT molecular complexity index is 664. The molecule has 8 heteroatoms. The Kier molecular flexibility index (Phi) is 3.97. The van der Waals surface area contributed by atoms with Gasteiger partial charge in [0, 0.05) is 0 Å². The Balaban J connectivity index is 2.25. The van der Waals surface area contributed by atoms with Gasteiger partial charge in [-0.25, -0.2) is 9.07 Å². The summed E-state index contributed by atoms with van der Waals surface area (Å²) in [7, 11) is 0. The van der Waals surface area contributed by atoms with Crippen molar-refractivity contribution in [3.8, 4) is 5.69 Å². The Morgan fingerprint density at radius 1 is 1.33 bits per heavy atom. The number of aromatic nitrogens is 2. The molecule has 0 aliphatic rings. The Labute approximate surface area is 117 Å². The molecule has 1 heterocycles. The second-order valence-electron chi connectivity index (χ2n) is 4.30. The maximum Gasteiger partial charge on any atom is 0.405 e. The highest BCUT2D eigenvalue weighted by Crippen LogP contribution is 2.17. The van der Waals surface area contributed by atoms with Crippen LogP contribution in [0.5, 0.6) is 0 Å². The molecule has 0 spiro atoms. The highest BCUT2D eigenvalue weighted by atomic mass is 19.4. The number of nitrogens with one attached hydrogen (secondary N) is 1. The molecule has 4 nitrogen and oxygen atoms in total. The lowest BCUT2D eigenvalue weighted by atomic mass is 10.2. The van der Waals surface area contributed by atoms with E-state index in [2.05, 4.69) is 5.10 Å². The molecule has 1 amide bonds. The number of amides is 1. The van der Waals surface area contributed by atoms with Crippen molar-refractivity contribution in [2.45, 2.75) is 13.1 Å². The standard InChI is InChI=1S/C13H11F4N3O/c1-8-9(12(21)18-7-13(15,16)17)6-19-20(8)11-5-3-2-4-10(11)14/h2-6H,7H2,1H3,(H,18,21). The number of benzene rings is 1. The summed E-state index contributed by atoms with van der Waals surface area (Å²) < 4.78 is 51.0. The summed E-state index contributed by atoms with van der Waals surface area (Å²) in [6.45, 7) is 0.0398. The van der Waals surface area contributed by atoms with E-state index in [1.54, 1.807) is 11.4 Å². The van der Waals surface area contributed by atoms with E-state index in [0.29, 0.717) is 0 Å². The van der Waals surface area contributed by atoms with Crippen molar-refractivity contribution in [1.82, 2.24) is 15.1 Å². The fourth-order valence-corrected chi connectivity index (χ4v) is 1.77. The van der Waals surface area contributed by atoms with Crippen LogP contribution >= 0.6 is 0 Å². The highest BCUT2D eigenvalue weighted by molar-refractivity contribution is 5.95. The maximum absolute atomic E-state index is 13.7. The molecule has 0 atom stereocenters. The number of para-hydroxylation sites is 1. The molecule has 1 aromatic carbocycles. The molecule has 0 saturated carbocycles. The number of rotatable bonds is 3. The van der Waals surface area contributed by atoms with Gasteiger partial charge in [0.25, 0.3) is 5.91 Å². The zero-order valence-electron chi connectivity index (χ0n) is 10.9. The van der Waals surface area contributed by atoms with Crippen molar-refractivity contribution in [2.24, 2.45) is 0 Å². The third-order valence-electron chi connectivity index (χ3n) is 2.78. The SMILES string of the molecule is Cc1c(C(=O)NCC(F)(F)F)cnn1-c1ccccc1F. The van der Waals surface area contributed by atoms with E-state index >= 15 is 0 Å². The van der Waals surface area contributed by atoms with Gasteiger partial charge in [0.1, 0.15) is 18.0 Å². The van der Waals surface area contributed by atoms with Crippen LogP contribution in [0.3, 0.4) is 0 Å². The topological polar surface area (TPSA) is 46.9 Å². The molecule has 0 bridgehead atoms. The minimum atomic E-state index is -4.49. The van der Waals surface area contributed by atoms with Crippen LogP contribution in [0.2, 0.25) is 0 Å². The normalized spacial score (nSPS) is 11.5. The van der Waals surface area contributed by atoms with Crippen LogP contribution in [0, 0.1) is 12.7 Å². The molecular weight excluding hydrogens is 290 g/mol. The average molecular weight is 301 g/mol. The van der Waals surface area contributed by atoms with Gasteiger partial charge >= 0.3 is 6.18 Å². The summed E-state index contributed by atoms with van der Waals surface area (Å²) in [5.74, 6) is -1.46. The van der Waals surface area contributed by atoms with Gasteiger partial charge in [0.2, 0.25) is 0 Å². The zero-order chi connectivity index (χ0) is 15.6. The number of hydrogen-bond acceptors (Lipinski definition) is 2. The number of nitrogens with zero attached hydrogens (tertiary/aromatic N) is 2. The first-order valence-electron chi connectivity index (χ1n) is 5.94. The first-order valence-corrected chi connectivity index (χ1v) is 5.94. The number of carbonyl (C=O) groups excluding carboxylic acids is 1. The minimum absolute atomic E-state index is 0.0393. The minimum Gasteiger partial charge on any atom is -0.343 e. The smallest absolute Gasteiger partial charge is 0.343 e. The van der Waals surface area contributed by atoms with E-state index in [9.17, 15) is 22.4 Å². The molecule has 2 rings (SSSR count). The second kappa shape index (κ2) is 5.55. The van der Waals surface area contributed by atoms with Gasteiger partial charge in [-0.15, -0.1) is 0 Å². The number of carbonyl (C=O) groups is 1. The molecule has 0 aliphatic heterocycles. The van der Waals surface area contributed by atoms with Gasteiger partial charge in [-0.2, -0.15) is 18.3 Å². The fourth-order valence-electron chi connectivity index (χ4n) is 1.77. The lowest BCUT2D eigenvalue weighted by Gasteiger charge is -2.09. The lowest BCUT2D eigenvalue weighted by Crippen LogP contribution is -2.33. The van der Waals surface area contributed by atoms with Gasteiger partial charge in [0.15, 0.2) is 0 Å². The van der Waals surface area contributed by atoms with Gasteiger partial charge in [-0.05, 0) is 19.1 Å². The van der Waals surface area contributed by atoms with Crippen LogP contribution in [0.1, 0.15) is 16.1 Å². The van der Waals surface area contributed by atoms with E-state index < -0.39 is 24.4 Å². The molecule has 2 aromatic rings. The van der Waals surface area contributed by atoms with Crippen LogP contribution in [0.25, 0.3) is 5.69 Å². The first-order chi connectivity index (χ1) is 9.79. The summed E-state index contributed by atoms with van der Waals surface area (Å²) in [5.41, 5.74) is 0.326.